The zero-order valence-electron chi connectivity index (χ0n) is 21.3. The summed E-state index contributed by atoms with van der Waals surface area (Å²) in [5.41, 5.74) is 2.57. The van der Waals surface area contributed by atoms with Gasteiger partial charge in [-0.05, 0) is 76.5 Å². The second kappa shape index (κ2) is 10.9. The van der Waals surface area contributed by atoms with E-state index in [2.05, 4.69) is 26.2 Å². The SMILES string of the molecule is COc1cccc([C@H]2C(C(=O)Nc3ccccc3)=C(C)N=c3s/c(=C\c4cc(Br)c(O)c(OC)c4)c(=O)n32)c1. The highest BCUT2D eigenvalue weighted by atomic mass is 79.9. The van der Waals surface area contributed by atoms with Crippen LogP contribution in [0.15, 0.2) is 92.3 Å². The summed E-state index contributed by atoms with van der Waals surface area (Å²) in [5, 5.41) is 13.1. The maximum Gasteiger partial charge on any atom is 0.271 e. The van der Waals surface area contributed by atoms with Crippen LogP contribution in [-0.4, -0.2) is 29.8 Å². The summed E-state index contributed by atoms with van der Waals surface area (Å²) in [6, 6.07) is 19.1. The highest BCUT2D eigenvalue weighted by Crippen LogP contribution is 2.35. The van der Waals surface area contributed by atoms with Gasteiger partial charge in [-0.25, -0.2) is 4.99 Å². The Morgan fingerprint density at radius 2 is 1.87 bits per heavy atom. The number of rotatable bonds is 6. The number of phenols is 1. The van der Waals surface area contributed by atoms with Gasteiger partial charge >= 0.3 is 0 Å². The minimum atomic E-state index is -0.733. The van der Waals surface area contributed by atoms with Crippen LogP contribution in [0, 0.1) is 0 Å². The number of nitrogens with one attached hydrogen (secondary N) is 1. The fourth-order valence-corrected chi connectivity index (χ4v) is 5.95. The van der Waals surface area contributed by atoms with E-state index < -0.39 is 6.04 Å². The van der Waals surface area contributed by atoms with Crippen molar-refractivity contribution < 1.29 is 19.4 Å². The number of fused-ring (bicyclic) bond motifs is 1. The fraction of sp³-hybridized carbons (Fsp3) is 0.138. The number of hydrogen-bond acceptors (Lipinski definition) is 7. The van der Waals surface area contributed by atoms with Gasteiger partial charge in [0.15, 0.2) is 16.3 Å². The summed E-state index contributed by atoms with van der Waals surface area (Å²) in [7, 11) is 3.02. The molecule has 0 bridgehead atoms. The Labute approximate surface area is 236 Å². The van der Waals surface area contributed by atoms with Crippen LogP contribution in [0.4, 0.5) is 5.69 Å². The van der Waals surface area contributed by atoms with Crippen molar-refractivity contribution in [3.05, 3.63) is 113 Å². The number of nitrogens with zero attached hydrogens (tertiary/aromatic N) is 2. The topological polar surface area (TPSA) is 102 Å². The number of thiazole rings is 1. The Morgan fingerprint density at radius 3 is 2.59 bits per heavy atom. The number of ether oxygens (including phenoxy) is 2. The van der Waals surface area contributed by atoms with Crippen LogP contribution in [0.5, 0.6) is 17.2 Å². The zero-order chi connectivity index (χ0) is 27.7. The molecule has 0 aliphatic carbocycles. The molecule has 10 heteroatoms. The van der Waals surface area contributed by atoms with Gasteiger partial charge in [0, 0.05) is 5.69 Å². The lowest BCUT2D eigenvalue weighted by Gasteiger charge is -2.25. The molecule has 1 atom stereocenters. The van der Waals surface area contributed by atoms with E-state index in [1.165, 1.54) is 18.4 Å². The quantitative estimate of drug-likeness (QED) is 0.340. The summed E-state index contributed by atoms with van der Waals surface area (Å²) in [6.45, 7) is 1.77. The van der Waals surface area contributed by atoms with E-state index in [1.54, 1.807) is 48.9 Å². The molecule has 0 saturated heterocycles. The van der Waals surface area contributed by atoms with Gasteiger partial charge in [-0.3, -0.25) is 14.2 Å². The van der Waals surface area contributed by atoms with Crippen molar-refractivity contribution in [2.45, 2.75) is 13.0 Å². The van der Waals surface area contributed by atoms with E-state index in [4.69, 9.17) is 9.47 Å². The average molecular weight is 606 g/mol. The number of hydrogen-bond donors (Lipinski definition) is 2. The second-order valence-electron chi connectivity index (χ2n) is 8.73. The van der Waals surface area contributed by atoms with E-state index >= 15 is 0 Å². The molecule has 2 heterocycles. The zero-order valence-corrected chi connectivity index (χ0v) is 23.7. The molecule has 1 amide bonds. The minimum absolute atomic E-state index is 0.0289. The van der Waals surface area contributed by atoms with Gasteiger partial charge in [-0.2, -0.15) is 0 Å². The third-order valence-corrected chi connectivity index (χ3v) is 7.86. The van der Waals surface area contributed by atoms with Crippen molar-refractivity contribution >= 4 is 44.9 Å². The highest BCUT2D eigenvalue weighted by Gasteiger charge is 2.32. The Kier molecular flexibility index (Phi) is 7.40. The third kappa shape index (κ3) is 5.13. The minimum Gasteiger partial charge on any atom is -0.503 e. The maximum atomic E-state index is 13.9. The van der Waals surface area contributed by atoms with Gasteiger partial charge in [0.25, 0.3) is 11.5 Å². The smallest absolute Gasteiger partial charge is 0.271 e. The lowest BCUT2D eigenvalue weighted by atomic mass is 9.95. The fourth-order valence-electron chi connectivity index (χ4n) is 4.44. The summed E-state index contributed by atoms with van der Waals surface area (Å²) in [4.78, 5) is 32.7. The van der Waals surface area contributed by atoms with Crippen molar-refractivity contribution in [2.75, 3.05) is 19.5 Å². The van der Waals surface area contributed by atoms with Crippen molar-refractivity contribution in [1.29, 1.82) is 0 Å². The lowest BCUT2D eigenvalue weighted by Crippen LogP contribution is -2.40. The van der Waals surface area contributed by atoms with E-state index in [0.717, 1.165) is 0 Å². The van der Waals surface area contributed by atoms with Crippen molar-refractivity contribution in [1.82, 2.24) is 4.57 Å². The predicted octanol–water partition coefficient (Wildman–Crippen LogP) is 4.36. The molecular formula is C29H24BrN3O5S. The molecule has 0 unspecified atom stereocenters. The third-order valence-electron chi connectivity index (χ3n) is 6.28. The number of para-hydroxylation sites is 1. The van der Waals surface area contributed by atoms with Crippen LogP contribution in [0.2, 0.25) is 0 Å². The molecule has 8 nitrogen and oxygen atoms in total. The Balaban J connectivity index is 1.69. The average Bonchev–Trinajstić information content (AvgIpc) is 3.24. The van der Waals surface area contributed by atoms with Crippen LogP contribution >= 0.6 is 27.3 Å². The number of carbonyl (C=O) groups is 1. The van der Waals surface area contributed by atoms with Crippen LogP contribution in [0.25, 0.3) is 6.08 Å². The van der Waals surface area contributed by atoms with Crippen LogP contribution in [-0.2, 0) is 4.79 Å². The van der Waals surface area contributed by atoms with E-state index in [9.17, 15) is 14.7 Å². The number of phenolic OH excluding ortho intramolecular Hbond substituents is 1. The van der Waals surface area contributed by atoms with E-state index in [0.29, 0.717) is 47.6 Å². The van der Waals surface area contributed by atoms with Crippen molar-refractivity contribution in [2.24, 2.45) is 4.99 Å². The first-order chi connectivity index (χ1) is 18.8. The normalized spacial score (nSPS) is 15.0. The van der Waals surface area contributed by atoms with Crippen LogP contribution < -0.4 is 29.7 Å². The highest BCUT2D eigenvalue weighted by molar-refractivity contribution is 9.10. The van der Waals surface area contributed by atoms with Crippen molar-refractivity contribution in [3.63, 3.8) is 0 Å². The number of allylic oxidation sites excluding steroid dienone is 1. The molecule has 0 saturated carbocycles. The molecular weight excluding hydrogens is 582 g/mol. The predicted molar refractivity (Wildman–Crippen MR) is 154 cm³/mol. The summed E-state index contributed by atoms with van der Waals surface area (Å²) >= 11 is 4.55. The molecule has 1 aliphatic rings. The summed E-state index contributed by atoms with van der Waals surface area (Å²) in [5.74, 6) is 0.497. The monoisotopic (exact) mass is 605 g/mol. The molecule has 2 N–H and O–H groups in total. The molecule has 39 heavy (non-hydrogen) atoms. The van der Waals surface area contributed by atoms with Crippen molar-refractivity contribution in [3.8, 4) is 17.2 Å². The maximum absolute atomic E-state index is 13.9. The Morgan fingerprint density at radius 1 is 1.10 bits per heavy atom. The van der Waals surface area contributed by atoms with Crippen LogP contribution in [0.3, 0.4) is 0 Å². The molecule has 5 rings (SSSR count). The van der Waals surface area contributed by atoms with E-state index in [-0.39, 0.29) is 23.0 Å². The number of aromatic nitrogens is 1. The standard InChI is InChI=1S/C29H24BrN3O5S/c1-16-24(27(35)32-19-9-5-4-6-10-19)25(18-8-7-11-20(15-18)37-2)33-28(36)23(39-29(33)31-16)14-17-12-21(30)26(34)22(13-17)38-3/h4-15,25,34H,1-3H3,(H,32,35)/b23-14-/t25-/m0/s1. The molecule has 1 aromatic heterocycles. The number of amides is 1. The lowest BCUT2D eigenvalue weighted by molar-refractivity contribution is -0.113. The number of halogens is 1. The number of carbonyl (C=O) groups excluding carboxylic acids is 1. The second-order valence-corrected chi connectivity index (χ2v) is 10.6. The first-order valence-corrected chi connectivity index (χ1v) is 13.5. The van der Waals surface area contributed by atoms with Crippen LogP contribution in [0.1, 0.15) is 24.1 Å². The molecule has 1 aliphatic heterocycles. The summed E-state index contributed by atoms with van der Waals surface area (Å²) in [6.07, 6.45) is 1.71. The first-order valence-electron chi connectivity index (χ1n) is 11.9. The molecule has 0 radical (unpaired) electrons. The Bertz CT molecular complexity index is 1790. The number of anilines is 1. The number of benzene rings is 3. The van der Waals surface area contributed by atoms with Gasteiger partial charge in [-0.15, -0.1) is 0 Å². The molecule has 4 aromatic rings. The number of methoxy groups -OCH3 is 2. The molecule has 0 spiro atoms. The Hall–Kier alpha value is -4.15. The van der Waals surface area contributed by atoms with Gasteiger partial charge in [-0.1, -0.05) is 41.7 Å². The van der Waals surface area contributed by atoms with Gasteiger partial charge in [0.05, 0.1) is 40.5 Å². The first kappa shape index (κ1) is 26.5. The molecule has 3 aromatic carbocycles. The van der Waals surface area contributed by atoms with Gasteiger partial charge < -0.3 is 19.9 Å². The summed E-state index contributed by atoms with van der Waals surface area (Å²) < 4.78 is 13.1. The van der Waals surface area contributed by atoms with E-state index in [1.807, 2.05) is 42.5 Å². The largest absolute Gasteiger partial charge is 0.503 e. The van der Waals surface area contributed by atoms with Gasteiger partial charge in [0.2, 0.25) is 0 Å². The number of aromatic hydroxyl groups is 1. The van der Waals surface area contributed by atoms with Gasteiger partial charge in [0.1, 0.15) is 5.75 Å². The molecule has 198 valence electrons. The molecule has 0 fully saturated rings.